The zero-order valence-electron chi connectivity index (χ0n) is 7.83. The van der Waals surface area contributed by atoms with E-state index >= 15 is 0 Å². The van der Waals surface area contributed by atoms with Crippen molar-refractivity contribution in [3.05, 3.63) is 0 Å². The van der Waals surface area contributed by atoms with Crippen LogP contribution < -0.4 is 0 Å². The van der Waals surface area contributed by atoms with Gasteiger partial charge in [0.05, 0.1) is 11.0 Å². The highest BCUT2D eigenvalue weighted by Gasteiger charge is 2.18. The summed E-state index contributed by atoms with van der Waals surface area (Å²) in [5.74, 6) is -0.0703. The van der Waals surface area contributed by atoms with E-state index in [0.29, 0.717) is 6.42 Å². The van der Waals surface area contributed by atoms with E-state index in [4.69, 9.17) is 0 Å². The molecule has 0 rings (SSSR count). The van der Waals surface area contributed by atoms with Gasteiger partial charge in [-0.2, -0.15) is 0 Å². The summed E-state index contributed by atoms with van der Waals surface area (Å²) in [6, 6.07) is 0. The van der Waals surface area contributed by atoms with E-state index in [1.807, 2.05) is 6.92 Å². The number of hydrogen-bond acceptors (Lipinski definition) is 3. The Morgan fingerprint density at radius 3 is 2.25 bits per heavy atom. The lowest BCUT2D eigenvalue weighted by atomic mass is 10.4. The minimum Gasteiger partial charge on any atom is -0.300 e. The second kappa shape index (κ2) is 4.60. The van der Waals surface area contributed by atoms with E-state index in [9.17, 15) is 13.2 Å². The lowest BCUT2D eigenvalue weighted by Gasteiger charge is -2.08. The highest BCUT2D eigenvalue weighted by atomic mass is 32.2. The Bertz CT molecular complexity index is 241. The van der Waals surface area contributed by atoms with Gasteiger partial charge in [0.2, 0.25) is 0 Å². The molecule has 3 nitrogen and oxygen atoms in total. The first kappa shape index (κ1) is 11.6. The zero-order chi connectivity index (χ0) is 9.78. The van der Waals surface area contributed by atoms with Crippen LogP contribution in [0.1, 0.15) is 33.6 Å². The van der Waals surface area contributed by atoms with Crippen LogP contribution in [0.4, 0.5) is 0 Å². The number of Topliss-reactive ketones (excluding diaryl/α,β-unsaturated/α-hetero) is 1. The lowest BCUT2D eigenvalue weighted by Crippen LogP contribution is -2.21. The molecule has 72 valence electrons. The van der Waals surface area contributed by atoms with E-state index in [1.54, 1.807) is 6.92 Å². The van der Waals surface area contributed by atoms with Crippen molar-refractivity contribution in [1.29, 1.82) is 0 Å². The van der Waals surface area contributed by atoms with E-state index in [2.05, 4.69) is 0 Å². The second-order valence-electron chi connectivity index (χ2n) is 3.04. The molecule has 0 aromatic carbocycles. The monoisotopic (exact) mass is 192 g/mol. The minimum absolute atomic E-state index is 0.00264. The van der Waals surface area contributed by atoms with Crippen LogP contribution in [0.25, 0.3) is 0 Å². The quantitative estimate of drug-likeness (QED) is 0.657. The molecule has 0 heterocycles. The third-order valence-corrected chi connectivity index (χ3v) is 4.26. The maximum Gasteiger partial charge on any atom is 0.153 e. The van der Waals surface area contributed by atoms with E-state index in [-0.39, 0.29) is 23.2 Å². The Kier molecular flexibility index (Phi) is 4.45. The van der Waals surface area contributed by atoms with Crippen molar-refractivity contribution < 1.29 is 13.2 Å². The normalized spacial score (nSPS) is 14.2. The molecule has 0 saturated heterocycles. The van der Waals surface area contributed by atoms with Crippen LogP contribution in [0, 0.1) is 0 Å². The van der Waals surface area contributed by atoms with Gasteiger partial charge in [-0.15, -0.1) is 0 Å². The number of rotatable bonds is 5. The Morgan fingerprint density at radius 1 is 1.42 bits per heavy atom. The van der Waals surface area contributed by atoms with Crippen molar-refractivity contribution in [1.82, 2.24) is 0 Å². The molecule has 0 aromatic rings. The van der Waals surface area contributed by atoms with Crippen LogP contribution in [0.15, 0.2) is 0 Å². The third kappa shape index (κ3) is 3.85. The van der Waals surface area contributed by atoms with Gasteiger partial charge >= 0.3 is 0 Å². The summed E-state index contributed by atoms with van der Waals surface area (Å²) in [6.45, 7) is 4.91. The van der Waals surface area contributed by atoms with E-state index < -0.39 is 9.84 Å². The highest BCUT2D eigenvalue weighted by molar-refractivity contribution is 7.92. The van der Waals surface area contributed by atoms with Gasteiger partial charge in [-0.05, 0) is 20.3 Å². The minimum atomic E-state index is -3.03. The summed E-state index contributed by atoms with van der Waals surface area (Å²) in [6.07, 6.45) is 0.757. The molecular weight excluding hydrogens is 176 g/mol. The van der Waals surface area contributed by atoms with Gasteiger partial charge in [-0.25, -0.2) is 8.42 Å². The Balaban J connectivity index is 4.15. The predicted molar refractivity (Wildman–Crippen MR) is 48.8 cm³/mol. The van der Waals surface area contributed by atoms with Gasteiger partial charge in [-0.3, -0.25) is 4.79 Å². The summed E-state index contributed by atoms with van der Waals surface area (Å²) >= 11 is 0. The van der Waals surface area contributed by atoms with Gasteiger partial charge in [0.25, 0.3) is 0 Å². The first-order valence-corrected chi connectivity index (χ1v) is 5.82. The molecule has 0 saturated carbocycles. The van der Waals surface area contributed by atoms with Crippen LogP contribution in [0.5, 0.6) is 0 Å². The van der Waals surface area contributed by atoms with E-state index in [1.165, 1.54) is 6.92 Å². The number of carbonyl (C=O) groups is 1. The van der Waals surface area contributed by atoms with Gasteiger partial charge in [0.15, 0.2) is 9.84 Å². The molecule has 0 amide bonds. The Hall–Kier alpha value is -0.380. The van der Waals surface area contributed by atoms with Gasteiger partial charge in [0, 0.05) is 6.42 Å². The number of sulfone groups is 1. The molecule has 0 aliphatic rings. The van der Waals surface area contributed by atoms with E-state index in [0.717, 1.165) is 0 Å². The van der Waals surface area contributed by atoms with Gasteiger partial charge in [0.1, 0.15) is 5.78 Å². The predicted octanol–water partition coefficient (Wildman–Crippen LogP) is 1.18. The fourth-order valence-electron chi connectivity index (χ4n) is 0.741. The van der Waals surface area contributed by atoms with Crippen molar-refractivity contribution >= 4 is 15.6 Å². The molecular formula is C8H16O3S. The smallest absolute Gasteiger partial charge is 0.153 e. The van der Waals surface area contributed by atoms with Crippen LogP contribution >= 0.6 is 0 Å². The van der Waals surface area contributed by atoms with Crippen LogP contribution in [0.3, 0.4) is 0 Å². The highest BCUT2D eigenvalue weighted by Crippen LogP contribution is 2.07. The Labute approximate surface area is 74.1 Å². The molecule has 12 heavy (non-hydrogen) atoms. The van der Waals surface area contributed by atoms with Gasteiger partial charge < -0.3 is 0 Å². The number of hydrogen-bond donors (Lipinski definition) is 0. The molecule has 0 fully saturated rings. The SMILES string of the molecule is CCC(C)S(=O)(=O)CCC(C)=O. The van der Waals surface area contributed by atoms with Crippen LogP contribution in [-0.2, 0) is 14.6 Å². The zero-order valence-corrected chi connectivity index (χ0v) is 8.65. The molecule has 1 unspecified atom stereocenters. The molecule has 0 N–H and O–H groups in total. The van der Waals surface area contributed by atoms with Crippen molar-refractivity contribution in [3.8, 4) is 0 Å². The molecule has 0 radical (unpaired) electrons. The summed E-state index contributed by atoms with van der Waals surface area (Å²) in [5, 5.41) is -0.322. The van der Waals surface area contributed by atoms with Crippen molar-refractivity contribution in [2.24, 2.45) is 0 Å². The number of ketones is 1. The average molecular weight is 192 g/mol. The van der Waals surface area contributed by atoms with Gasteiger partial charge in [-0.1, -0.05) is 6.92 Å². The summed E-state index contributed by atoms with van der Waals surface area (Å²) in [4.78, 5) is 10.5. The fraction of sp³-hybridized carbons (Fsp3) is 0.875. The standard InChI is InChI=1S/C8H16O3S/c1-4-8(3)12(10,11)6-5-7(2)9/h8H,4-6H2,1-3H3. The molecule has 4 heteroatoms. The molecule has 1 atom stereocenters. The topological polar surface area (TPSA) is 51.2 Å². The molecule has 0 aliphatic heterocycles. The van der Waals surface area contributed by atoms with Crippen LogP contribution in [0.2, 0.25) is 0 Å². The largest absolute Gasteiger partial charge is 0.300 e. The lowest BCUT2D eigenvalue weighted by molar-refractivity contribution is -0.116. The first-order chi connectivity index (χ1) is 5.40. The average Bonchev–Trinajstić information content (AvgIpc) is 1.99. The molecule has 0 bridgehead atoms. The van der Waals surface area contributed by atoms with Crippen LogP contribution in [-0.4, -0.2) is 25.2 Å². The fourth-order valence-corrected chi connectivity index (χ4v) is 2.22. The first-order valence-electron chi connectivity index (χ1n) is 4.11. The third-order valence-electron chi connectivity index (χ3n) is 1.93. The second-order valence-corrected chi connectivity index (χ2v) is 5.58. The molecule has 0 aliphatic carbocycles. The summed E-state index contributed by atoms with van der Waals surface area (Å²) < 4.78 is 22.6. The van der Waals surface area contributed by atoms with Crippen molar-refractivity contribution in [2.75, 3.05) is 5.75 Å². The molecule has 0 spiro atoms. The maximum absolute atomic E-state index is 11.3. The molecule has 0 aromatic heterocycles. The number of carbonyl (C=O) groups excluding carboxylic acids is 1. The Morgan fingerprint density at radius 2 is 1.92 bits per heavy atom. The summed E-state index contributed by atoms with van der Waals surface area (Å²) in [7, 11) is -3.03. The maximum atomic E-state index is 11.3. The summed E-state index contributed by atoms with van der Waals surface area (Å²) in [5.41, 5.74) is 0. The van der Waals surface area contributed by atoms with Crippen molar-refractivity contribution in [2.45, 2.75) is 38.9 Å². The van der Waals surface area contributed by atoms with Crippen molar-refractivity contribution in [3.63, 3.8) is 0 Å².